The molecule has 2 rings (SSSR count). The summed E-state index contributed by atoms with van der Waals surface area (Å²) in [4.78, 5) is 32.9. The van der Waals surface area contributed by atoms with Gasteiger partial charge in [-0.2, -0.15) is 0 Å². The van der Waals surface area contributed by atoms with E-state index in [-0.39, 0.29) is 11.8 Å². The summed E-state index contributed by atoms with van der Waals surface area (Å²) in [5, 5.41) is 2.72. The highest BCUT2D eigenvalue weighted by Crippen LogP contribution is 2.04. The van der Waals surface area contributed by atoms with E-state index in [9.17, 15) is 9.59 Å². The number of hydrogen-bond donors (Lipinski definition) is 1. The van der Waals surface area contributed by atoms with E-state index in [0.717, 1.165) is 5.69 Å². The van der Waals surface area contributed by atoms with Crippen molar-refractivity contribution in [1.29, 1.82) is 0 Å². The summed E-state index contributed by atoms with van der Waals surface area (Å²) in [6.07, 6.45) is 3.37. The number of carbonyl (C=O) groups excluding carboxylic acids is 2. The smallest absolute Gasteiger partial charge is 0.274 e. The van der Waals surface area contributed by atoms with Crippen LogP contribution in [0.2, 0.25) is 0 Å². The van der Waals surface area contributed by atoms with Gasteiger partial charge in [0.15, 0.2) is 0 Å². The number of aryl methyl sites for hydroxylation is 1. The molecule has 6 heteroatoms. The zero-order chi connectivity index (χ0) is 12.3. The Morgan fingerprint density at radius 2 is 2.18 bits per heavy atom. The molecule has 6 nitrogen and oxygen atoms in total. The van der Waals surface area contributed by atoms with Crippen molar-refractivity contribution in [2.24, 2.45) is 0 Å². The summed E-state index contributed by atoms with van der Waals surface area (Å²) in [7, 11) is 0. The van der Waals surface area contributed by atoms with E-state index in [0.29, 0.717) is 31.7 Å². The molecular formula is C11H14N4O2. The van der Waals surface area contributed by atoms with Crippen LogP contribution in [-0.4, -0.2) is 46.3 Å². The summed E-state index contributed by atoms with van der Waals surface area (Å²) in [6, 6.07) is 0. The SMILES string of the molecule is Cc1cnc(C(=O)N2CCNC(=O)CC2)cn1. The van der Waals surface area contributed by atoms with Gasteiger partial charge in [-0.25, -0.2) is 4.98 Å². The average Bonchev–Trinajstić information content (AvgIpc) is 2.54. The number of amides is 2. The van der Waals surface area contributed by atoms with Crippen LogP contribution in [0.3, 0.4) is 0 Å². The summed E-state index contributed by atoms with van der Waals surface area (Å²) < 4.78 is 0. The molecule has 0 aromatic carbocycles. The van der Waals surface area contributed by atoms with Crippen LogP contribution in [0.4, 0.5) is 0 Å². The third kappa shape index (κ3) is 2.77. The Bertz CT molecular complexity index is 430. The number of hydrogen-bond acceptors (Lipinski definition) is 4. The third-order valence-electron chi connectivity index (χ3n) is 2.60. The Kier molecular flexibility index (Phi) is 3.32. The van der Waals surface area contributed by atoms with Crippen molar-refractivity contribution in [1.82, 2.24) is 20.2 Å². The first kappa shape index (κ1) is 11.5. The van der Waals surface area contributed by atoms with E-state index in [2.05, 4.69) is 15.3 Å². The second-order valence-electron chi connectivity index (χ2n) is 3.94. The molecule has 0 radical (unpaired) electrons. The molecule has 1 fully saturated rings. The van der Waals surface area contributed by atoms with Gasteiger partial charge in [-0.1, -0.05) is 0 Å². The summed E-state index contributed by atoms with van der Waals surface area (Å²) in [6.45, 7) is 3.25. The monoisotopic (exact) mass is 234 g/mol. The molecule has 2 heterocycles. The van der Waals surface area contributed by atoms with Gasteiger partial charge in [0.25, 0.3) is 5.91 Å². The highest BCUT2D eigenvalue weighted by Gasteiger charge is 2.20. The van der Waals surface area contributed by atoms with Crippen LogP contribution in [0, 0.1) is 6.92 Å². The van der Waals surface area contributed by atoms with Crippen LogP contribution in [0.5, 0.6) is 0 Å². The molecule has 1 aliphatic heterocycles. The normalized spacial score (nSPS) is 16.3. The highest BCUT2D eigenvalue weighted by molar-refractivity contribution is 5.92. The Morgan fingerprint density at radius 1 is 1.35 bits per heavy atom. The first-order chi connectivity index (χ1) is 8.16. The van der Waals surface area contributed by atoms with Crippen molar-refractivity contribution in [3.63, 3.8) is 0 Å². The Morgan fingerprint density at radius 3 is 2.88 bits per heavy atom. The molecule has 1 aromatic rings. The molecule has 0 bridgehead atoms. The lowest BCUT2D eigenvalue weighted by Crippen LogP contribution is -2.34. The van der Waals surface area contributed by atoms with Crippen molar-refractivity contribution in [2.75, 3.05) is 19.6 Å². The second-order valence-corrected chi connectivity index (χ2v) is 3.94. The van der Waals surface area contributed by atoms with E-state index in [1.165, 1.54) is 6.20 Å². The minimum absolute atomic E-state index is 0.0182. The lowest BCUT2D eigenvalue weighted by molar-refractivity contribution is -0.120. The maximum atomic E-state index is 12.1. The highest BCUT2D eigenvalue weighted by atomic mass is 16.2. The lowest BCUT2D eigenvalue weighted by atomic mass is 10.3. The molecule has 17 heavy (non-hydrogen) atoms. The largest absolute Gasteiger partial charge is 0.354 e. The van der Waals surface area contributed by atoms with Crippen LogP contribution in [0.1, 0.15) is 22.6 Å². The van der Waals surface area contributed by atoms with Crippen LogP contribution >= 0.6 is 0 Å². The van der Waals surface area contributed by atoms with E-state index in [4.69, 9.17) is 0 Å². The fraction of sp³-hybridized carbons (Fsp3) is 0.455. The predicted octanol–water partition coefficient (Wildman–Crippen LogP) is -0.253. The Labute approximate surface area is 99.1 Å². The fourth-order valence-corrected chi connectivity index (χ4v) is 1.64. The predicted molar refractivity (Wildman–Crippen MR) is 60.3 cm³/mol. The van der Waals surface area contributed by atoms with Gasteiger partial charge in [-0.05, 0) is 6.92 Å². The molecule has 1 saturated heterocycles. The van der Waals surface area contributed by atoms with Crippen molar-refractivity contribution in [3.05, 3.63) is 23.8 Å². The zero-order valence-electron chi connectivity index (χ0n) is 9.64. The second kappa shape index (κ2) is 4.90. The molecule has 90 valence electrons. The van der Waals surface area contributed by atoms with E-state index < -0.39 is 0 Å². The van der Waals surface area contributed by atoms with Gasteiger partial charge in [0.05, 0.1) is 11.9 Å². The number of aromatic nitrogens is 2. The van der Waals surface area contributed by atoms with Gasteiger partial charge in [0, 0.05) is 32.3 Å². The van der Waals surface area contributed by atoms with Gasteiger partial charge in [0.1, 0.15) is 5.69 Å². The molecular weight excluding hydrogens is 220 g/mol. The van der Waals surface area contributed by atoms with Gasteiger partial charge in [-0.3, -0.25) is 14.6 Å². The molecule has 1 N–H and O–H groups in total. The zero-order valence-corrected chi connectivity index (χ0v) is 9.64. The molecule has 0 unspecified atom stereocenters. The summed E-state index contributed by atoms with van der Waals surface area (Å²) >= 11 is 0. The van der Waals surface area contributed by atoms with Gasteiger partial charge < -0.3 is 10.2 Å². The first-order valence-electron chi connectivity index (χ1n) is 5.51. The molecule has 2 amide bonds. The lowest BCUT2D eigenvalue weighted by Gasteiger charge is -2.18. The van der Waals surface area contributed by atoms with Crippen LogP contribution in [0.15, 0.2) is 12.4 Å². The standard InChI is InChI=1S/C11H14N4O2/c1-8-6-14-9(7-13-8)11(17)15-4-2-10(16)12-3-5-15/h6-7H,2-5H2,1H3,(H,12,16). The van der Waals surface area contributed by atoms with Crippen molar-refractivity contribution in [3.8, 4) is 0 Å². The quantitative estimate of drug-likeness (QED) is 0.727. The fourth-order valence-electron chi connectivity index (χ4n) is 1.64. The molecule has 0 saturated carbocycles. The Balaban J connectivity index is 2.08. The third-order valence-corrected chi connectivity index (χ3v) is 2.60. The van der Waals surface area contributed by atoms with Crippen LogP contribution in [0.25, 0.3) is 0 Å². The van der Waals surface area contributed by atoms with Gasteiger partial charge >= 0.3 is 0 Å². The number of nitrogens with zero attached hydrogens (tertiary/aromatic N) is 3. The number of carbonyl (C=O) groups is 2. The molecule has 0 spiro atoms. The molecule has 1 aromatic heterocycles. The maximum absolute atomic E-state index is 12.1. The number of rotatable bonds is 1. The average molecular weight is 234 g/mol. The van der Waals surface area contributed by atoms with E-state index >= 15 is 0 Å². The Hall–Kier alpha value is -1.98. The summed E-state index contributed by atoms with van der Waals surface area (Å²) in [5.41, 5.74) is 1.10. The molecule has 1 aliphatic rings. The first-order valence-corrected chi connectivity index (χ1v) is 5.51. The van der Waals surface area contributed by atoms with Crippen LogP contribution < -0.4 is 5.32 Å². The van der Waals surface area contributed by atoms with Gasteiger partial charge in [-0.15, -0.1) is 0 Å². The van der Waals surface area contributed by atoms with Gasteiger partial charge in [0.2, 0.25) is 5.91 Å². The van der Waals surface area contributed by atoms with Crippen molar-refractivity contribution >= 4 is 11.8 Å². The minimum atomic E-state index is -0.172. The number of nitrogens with one attached hydrogen (secondary N) is 1. The van der Waals surface area contributed by atoms with E-state index in [1.807, 2.05) is 6.92 Å². The summed E-state index contributed by atoms with van der Waals surface area (Å²) in [5.74, 6) is -0.190. The molecule has 0 atom stereocenters. The maximum Gasteiger partial charge on any atom is 0.274 e. The van der Waals surface area contributed by atoms with E-state index in [1.54, 1.807) is 11.1 Å². The van der Waals surface area contributed by atoms with Crippen LogP contribution in [-0.2, 0) is 4.79 Å². The van der Waals surface area contributed by atoms with Crippen molar-refractivity contribution < 1.29 is 9.59 Å². The molecule has 0 aliphatic carbocycles. The topological polar surface area (TPSA) is 75.2 Å². The van der Waals surface area contributed by atoms with Crippen molar-refractivity contribution in [2.45, 2.75) is 13.3 Å². The minimum Gasteiger partial charge on any atom is -0.354 e.